The molecule has 2 aromatic carbocycles. The van der Waals surface area contributed by atoms with E-state index in [4.69, 9.17) is 9.57 Å². The van der Waals surface area contributed by atoms with Gasteiger partial charge >= 0.3 is 0 Å². The van der Waals surface area contributed by atoms with Crippen LogP contribution in [-0.2, 0) is 31.0 Å². The minimum absolute atomic E-state index is 0.0429. The van der Waals surface area contributed by atoms with Crippen molar-refractivity contribution in [1.29, 1.82) is 0 Å². The van der Waals surface area contributed by atoms with Gasteiger partial charge in [0.15, 0.2) is 0 Å². The molecule has 2 unspecified atom stereocenters. The quantitative estimate of drug-likeness (QED) is 0.331. The molecule has 0 aromatic heterocycles. The van der Waals surface area contributed by atoms with E-state index >= 15 is 0 Å². The molecular formula is C20H23N3O7S. The molecule has 0 radical (unpaired) electrons. The molecule has 1 aliphatic heterocycles. The molecule has 1 N–H and O–H groups in total. The molecule has 2 aromatic rings. The van der Waals surface area contributed by atoms with E-state index in [-0.39, 0.29) is 29.8 Å². The maximum atomic E-state index is 13.3. The summed E-state index contributed by atoms with van der Waals surface area (Å²) in [6, 6.07) is 13.3. The Morgan fingerprint density at radius 2 is 1.84 bits per heavy atom. The van der Waals surface area contributed by atoms with Crippen molar-refractivity contribution in [2.75, 3.05) is 13.2 Å². The number of benzene rings is 2. The molecule has 1 aliphatic rings. The zero-order valence-corrected chi connectivity index (χ0v) is 17.4. The monoisotopic (exact) mass is 449 g/mol. The predicted octanol–water partition coefficient (Wildman–Crippen LogP) is 2.01. The first kappa shape index (κ1) is 22.8. The average molecular weight is 449 g/mol. The minimum Gasteiger partial charge on any atom is -0.466 e. The van der Waals surface area contributed by atoms with Gasteiger partial charge in [-0.15, -0.1) is 0 Å². The molecule has 3 rings (SSSR count). The molecule has 11 heteroatoms. The van der Waals surface area contributed by atoms with Gasteiger partial charge in [-0.3, -0.25) is 19.7 Å². The largest absolute Gasteiger partial charge is 0.466 e. The number of hydrogen-bond acceptors (Lipinski definition) is 8. The van der Waals surface area contributed by atoms with Crippen molar-refractivity contribution in [3.63, 3.8) is 0 Å². The highest BCUT2D eigenvalue weighted by Crippen LogP contribution is 2.26. The van der Waals surface area contributed by atoms with Gasteiger partial charge < -0.3 is 10.1 Å². The van der Waals surface area contributed by atoms with Crippen LogP contribution in [0.4, 0.5) is 5.69 Å². The number of rotatable bonds is 10. The SMILES string of the molecule is O=COCC1CCC(N(OCc2ccccc2)S(=O)(=O)c2ccc([N+](=O)[O-])cc2)CN1. The third kappa shape index (κ3) is 5.85. The molecule has 1 saturated heterocycles. The molecule has 166 valence electrons. The van der Waals surface area contributed by atoms with Gasteiger partial charge in [0.25, 0.3) is 22.2 Å². The molecule has 31 heavy (non-hydrogen) atoms. The van der Waals surface area contributed by atoms with E-state index in [2.05, 4.69) is 5.32 Å². The molecule has 0 aliphatic carbocycles. The molecule has 0 amide bonds. The Labute approximate surface area is 179 Å². The van der Waals surface area contributed by atoms with Gasteiger partial charge in [-0.05, 0) is 30.5 Å². The number of nitro benzene ring substituents is 1. The summed E-state index contributed by atoms with van der Waals surface area (Å²) in [5.41, 5.74) is 0.598. The zero-order chi connectivity index (χ0) is 22.3. The molecule has 0 saturated carbocycles. The molecule has 1 fully saturated rings. The maximum Gasteiger partial charge on any atom is 0.293 e. The topological polar surface area (TPSA) is 128 Å². The van der Waals surface area contributed by atoms with Gasteiger partial charge in [0, 0.05) is 24.7 Å². The van der Waals surface area contributed by atoms with Gasteiger partial charge in [-0.25, -0.2) is 8.42 Å². The number of nitrogens with zero attached hydrogens (tertiary/aromatic N) is 2. The summed E-state index contributed by atoms with van der Waals surface area (Å²) >= 11 is 0. The predicted molar refractivity (Wildman–Crippen MR) is 110 cm³/mol. The van der Waals surface area contributed by atoms with Gasteiger partial charge in [0.2, 0.25) is 0 Å². The smallest absolute Gasteiger partial charge is 0.293 e. The molecule has 0 spiro atoms. The summed E-state index contributed by atoms with van der Waals surface area (Å²) in [6.07, 6.45) is 1.07. The number of carbonyl (C=O) groups excluding carboxylic acids is 1. The van der Waals surface area contributed by atoms with Crippen molar-refractivity contribution >= 4 is 22.2 Å². The molecule has 2 atom stereocenters. The standard InChI is InChI=1S/C20H23N3O7S/c24-15-29-14-17-6-7-19(12-21-17)23(30-13-16-4-2-1-3-5-16)31(27,28)20-10-8-18(9-11-20)22(25)26/h1-5,8-11,15,17,19,21H,6-7,12-14H2. The van der Waals surface area contributed by atoms with Crippen LogP contribution in [0.15, 0.2) is 59.5 Å². The number of ether oxygens (including phenoxy) is 1. The van der Waals surface area contributed by atoms with Crippen LogP contribution >= 0.6 is 0 Å². The first-order valence-corrected chi connectivity index (χ1v) is 11.1. The van der Waals surface area contributed by atoms with E-state index in [1.54, 1.807) is 0 Å². The Morgan fingerprint density at radius 1 is 1.13 bits per heavy atom. The lowest BCUT2D eigenvalue weighted by molar-refractivity contribution is -0.384. The summed E-state index contributed by atoms with van der Waals surface area (Å²) in [7, 11) is -4.09. The van der Waals surface area contributed by atoms with Crippen LogP contribution in [-0.4, -0.2) is 49.5 Å². The lowest BCUT2D eigenvalue weighted by atomic mass is 10.0. The number of nitro groups is 1. The number of sulfonamides is 1. The van der Waals surface area contributed by atoms with Gasteiger partial charge in [0.1, 0.15) is 6.61 Å². The third-order valence-corrected chi connectivity index (χ3v) is 6.68. The van der Waals surface area contributed by atoms with Crippen LogP contribution in [0, 0.1) is 10.1 Å². The van der Waals surface area contributed by atoms with Crippen LogP contribution in [0.5, 0.6) is 0 Å². The van der Waals surface area contributed by atoms with E-state index in [9.17, 15) is 23.3 Å². The Kier molecular flexibility index (Phi) is 7.69. The van der Waals surface area contributed by atoms with Gasteiger partial charge in [0.05, 0.1) is 22.5 Å². The Hall–Kier alpha value is -2.86. The highest BCUT2D eigenvalue weighted by atomic mass is 32.2. The molecule has 0 bridgehead atoms. The molecule has 1 heterocycles. The number of non-ortho nitro benzene ring substituents is 1. The van der Waals surface area contributed by atoms with E-state index < -0.39 is 21.0 Å². The third-order valence-electron chi connectivity index (χ3n) is 4.94. The lowest BCUT2D eigenvalue weighted by Gasteiger charge is -2.35. The second-order valence-electron chi connectivity index (χ2n) is 7.04. The number of hydrogen-bond donors (Lipinski definition) is 1. The van der Waals surface area contributed by atoms with E-state index in [0.717, 1.165) is 22.2 Å². The maximum absolute atomic E-state index is 13.3. The highest BCUT2D eigenvalue weighted by Gasteiger charge is 2.36. The van der Waals surface area contributed by atoms with Crippen molar-refractivity contribution in [2.45, 2.75) is 36.4 Å². The fraction of sp³-hybridized carbons (Fsp3) is 0.350. The number of nitrogens with one attached hydrogen (secondary N) is 1. The van der Waals surface area contributed by atoms with Crippen molar-refractivity contribution < 1.29 is 27.7 Å². The van der Waals surface area contributed by atoms with Crippen molar-refractivity contribution in [2.24, 2.45) is 0 Å². The first-order valence-electron chi connectivity index (χ1n) is 9.66. The molecular weight excluding hydrogens is 426 g/mol. The average Bonchev–Trinajstić information content (AvgIpc) is 2.79. The lowest BCUT2D eigenvalue weighted by Crippen LogP contribution is -2.52. The van der Waals surface area contributed by atoms with Crippen molar-refractivity contribution in [1.82, 2.24) is 9.79 Å². The molecule has 10 nitrogen and oxygen atoms in total. The summed E-state index contributed by atoms with van der Waals surface area (Å²) < 4.78 is 32.4. The highest BCUT2D eigenvalue weighted by molar-refractivity contribution is 7.89. The second-order valence-corrected chi connectivity index (χ2v) is 8.82. The Morgan fingerprint density at radius 3 is 2.42 bits per heavy atom. The van der Waals surface area contributed by atoms with Gasteiger partial charge in [-0.2, -0.15) is 0 Å². The van der Waals surface area contributed by atoms with Crippen LogP contribution in [0.1, 0.15) is 18.4 Å². The number of piperidine rings is 1. The summed E-state index contributed by atoms with van der Waals surface area (Å²) in [5.74, 6) is 0. The number of carbonyl (C=O) groups is 1. The fourth-order valence-corrected chi connectivity index (χ4v) is 4.76. The van der Waals surface area contributed by atoms with Crippen LogP contribution < -0.4 is 5.32 Å². The summed E-state index contributed by atoms with van der Waals surface area (Å²) in [4.78, 5) is 26.4. The normalized spacial score (nSPS) is 19.1. The Balaban J connectivity index is 1.80. The summed E-state index contributed by atoms with van der Waals surface area (Å²) in [5, 5.41) is 14.1. The zero-order valence-electron chi connectivity index (χ0n) is 16.6. The minimum atomic E-state index is -4.09. The Bertz CT molecular complexity index is 976. The van der Waals surface area contributed by atoms with Crippen LogP contribution in [0.3, 0.4) is 0 Å². The van der Waals surface area contributed by atoms with E-state index in [1.165, 1.54) is 12.1 Å². The van der Waals surface area contributed by atoms with Crippen molar-refractivity contribution in [3.05, 3.63) is 70.3 Å². The summed E-state index contributed by atoms with van der Waals surface area (Å²) in [6.45, 7) is 0.924. The van der Waals surface area contributed by atoms with Crippen LogP contribution in [0.25, 0.3) is 0 Å². The second kappa shape index (κ2) is 10.4. The fourth-order valence-electron chi connectivity index (χ4n) is 3.31. The van der Waals surface area contributed by atoms with Crippen LogP contribution in [0.2, 0.25) is 0 Å². The van der Waals surface area contributed by atoms with E-state index in [1.807, 2.05) is 30.3 Å². The van der Waals surface area contributed by atoms with E-state index in [0.29, 0.717) is 25.9 Å². The first-order chi connectivity index (χ1) is 14.9. The number of hydroxylamine groups is 1. The van der Waals surface area contributed by atoms with Crippen molar-refractivity contribution in [3.8, 4) is 0 Å². The van der Waals surface area contributed by atoms with Gasteiger partial charge in [-0.1, -0.05) is 34.8 Å².